The molecule has 3 nitrogen and oxygen atoms in total. The molecule has 1 aliphatic rings. The maximum absolute atomic E-state index is 14.2. The second kappa shape index (κ2) is 8.27. The van der Waals surface area contributed by atoms with Gasteiger partial charge in [-0.25, -0.2) is 8.78 Å². The first-order valence-electron chi connectivity index (χ1n) is 9.28. The van der Waals surface area contributed by atoms with Gasteiger partial charge in [0.15, 0.2) is 6.17 Å². The number of alkyl halides is 2. The highest BCUT2D eigenvalue weighted by atomic mass is 19.3. The Labute approximate surface area is 168 Å². The Bertz CT molecular complexity index is 1020. The summed E-state index contributed by atoms with van der Waals surface area (Å²) >= 11 is 0. The quantitative estimate of drug-likeness (QED) is 0.546. The molecule has 1 unspecified atom stereocenters. The first kappa shape index (κ1) is 18.9. The van der Waals surface area contributed by atoms with Crippen LogP contribution in [0.25, 0.3) is 0 Å². The smallest absolute Gasteiger partial charge is 0.278 e. The Kier molecular flexibility index (Phi) is 5.38. The first-order chi connectivity index (χ1) is 14.2. The number of allylic oxidation sites excluding steroid dienone is 2. The summed E-state index contributed by atoms with van der Waals surface area (Å²) in [6, 6.07) is 26.0. The highest BCUT2D eigenvalue weighted by Crippen LogP contribution is 2.38. The lowest BCUT2D eigenvalue weighted by Gasteiger charge is -2.36. The molecule has 0 bridgehead atoms. The molecule has 1 heterocycles. The number of ether oxygens (including phenoxy) is 1. The van der Waals surface area contributed by atoms with Crippen LogP contribution in [0.4, 0.5) is 14.5 Å². The Balaban J connectivity index is 1.87. The van der Waals surface area contributed by atoms with E-state index in [0.717, 1.165) is 11.1 Å². The number of benzene rings is 3. The van der Waals surface area contributed by atoms with Crippen molar-refractivity contribution in [1.29, 1.82) is 0 Å². The van der Waals surface area contributed by atoms with Crippen LogP contribution in [0, 0.1) is 0 Å². The van der Waals surface area contributed by atoms with Crippen molar-refractivity contribution in [2.45, 2.75) is 12.6 Å². The van der Waals surface area contributed by atoms with E-state index in [0.29, 0.717) is 17.1 Å². The van der Waals surface area contributed by atoms with Crippen LogP contribution in [0.15, 0.2) is 102 Å². The lowest BCUT2D eigenvalue weighted by molar-refractivity contribution is 0.183. The summed E-state index contributed by atoms with van der Waals surface area (Å²) < 4.78 is 33.6. The van der Waals surface area contributed by atoms with Gasteiger partial charge in [-0.1, -0.05) is 60.7 Å². The molecule has 3 aromatic rings. The van der Waals surface area contributed by atoms with Gasteiger partial charge in [0.2, 0.25) is 0 Å². The fraction of sp³-hybridized carbons (Fsp3) is 0.125. The minimum Gasteiger partial charge on any atom is -0.497 e. The molecular formula is C24H20F2N2O. The van der Waals surface area contributed by atoms with Crippen molar-refractivity contribution in [2.24, 2.45) is 4.99 Å². The summed E-state index contributed by atoms with van der Waals surface area (Å²) in [5.41, 5.74) is 2.73. The zero-order valence-electron chi connectivity index (χ0n) is 15.9. The van der Waals surface area contributed by atoms with Crippen LogP contribution < -0.4 is 9.64 Å². The second-order valence-corrected chi connectivity index (χ2v) is 6.60. The molecule has 4 rings (SSSR count). The summed E-state index contributed by atoms with van der Waals surface area (Å²) in [4.78, 5) is 6.45. The third-order valence-electron chi connectivity index (χ3n) is 4.81. The van der Waals surface area contributed by atoms with Crippen LogP contribution >= 0.6 is 0 Å². The van der Waals surface area contributed by atoms with Crippen LogP contribution in [-0.4, -0.2) is 19.2 Å². The molecule has 0 fully saturated rings. The highest BCUT2D eigenvalue weighted by Gasteiger charge is 2.32. The Morgan fingerprint density at radius 2 is 1.48 bits per heavy atom. The molecular weight excluding hydrogens is 370 g/mol. The van der Waals surface area contributed by atoms with Gasteiger partial charge in [0.25, 0.3) is 6.43 Å². The third-order valence-corrected chi connectivity index (χ3v) is 4.81. The average Bonchev–Trinajstić information content (AvgIpc) is 2.79. The van der Waals surface area contributed by atoms with Crippen molar-refractivity contribution in [2.75, 3.05) is 12.0 Å². The fourth-order valence-corrected chi connectivity index (χ4v) is 3.39. The maximum Gasteiger partial charge on any atom is 0.278 e. The molecule has 5 heteroatoms. The standard InChI is InChI=1S/C24H20F2N2O/c1-29-20-14-12-19(13-15-20)28-22(23(25)26)16-21(17-8-4-2-5-9-17)27-24(28)18-10-6-3-7-11-18/h2-16,23-24H,1H3. The van der Waals surface area contributed by atoms with Gasteiger partial charge in [-0.2, -0.15) is 0 Å². The van der Waals surface area contributed by atoms with E-state index in [9.17, 15) is 8.78 Å². The Morgan fingerprint density at radius 3 is 2.07 bits per heavy atom. The van der Waals surface area contributed by atoms with E-state index in [-0.39, 0.29) is 5.70 Å². The van der Waals surface area contributed by atoms with E-state index in [1.54, 1.807) is 36.3 Å². The van der Waals surface area contributed by atoms with Crippen LogP contribution in [-0.2, 0) is 0 Å². The topological polar surface area (TPSA) is 24.8 Å². The van der Waals surface area contributed by atoms with Gasteiger partial charge in [0, 0.05) is 5.69 Å². The molecule has 0 N–H and O–H groups in total. The number of hydrogen-bond acceptors (Lipinski definition) is 3. The van der Waals surface area contributed by atoms with E-state index in [1.165, 1.54) is 6.08 Å². The number of methoxy groups -OCH3 is 1. The number of nitrogens with zero attached hydrogens (tertiary/aromatic N) is 2. The summed E-state index contributed by atoms with van der Waals surface area (Å²) in [5.74, 6) is 0.665. The molecule has 0 spiro atoms. The second-order valence-electron chi connectivity index (χ2n) is 6.60. The molecule has 0 saturated carbocycles. The normalized spacial score (nSPS) is 16.4. The molecule has 1 aliphatic heterocycles. The monoisotopic (exact) mass is 390 g/mol. The van der Waals surface area contributed by atoms with Crippen LogP contribution in [0.2, 0.25) is 0 Å². The molecule has 146 valence electrons. The lowest BCUT2D eigenvalue weighted by atomic mass is 10.0. The molecule has 29 heavy (non-hydrogen) atoms. The van der Waals surface area contributed by atoms with Crippen molar-refractivity contribution in [3.05, 3.63) is 108 Å². The third kappa shape index (κ3) is 3.90. The molecule has 0 saturated heterocycles. The van der Waals surface area contributed by atoms with E-state index in [1.807, 2.05) is 60.7 Å². The van der Waals surface area contributed by atoms with Crippen LogP contribution in [0.5, 0.6) is 5.75 Å². The van der Waals surface area contributed by atoms with E-state index in [4.69, 9.17) is 9.73 Å². The fourth-order valence-electron chi connectivity index (χ4n) is 3.39. The Hall–Kier alpha value is -3.47. The molecule has 0 aliphatic carbocycles. The number of halogens is 2. The van der Waals surface area contributed by atoms with Crippen molar-refractivity contribution >= 4 is 11.4 Å². The van der Waals surface area contributed by atoms with E-state index in [2.05, 4.69) is 0 Å². The molecule has 0 aromatic heterocycles. The maximum atomic E-state index is 14.2. The first-order valence-corrected chi connectivity index (χ1v) is 9.28. The van der Waals surface area contributed by atoms with Crippen molar-refractivity contribution in [1.82, 2.24) is 0 Å². The van der Waals surface area contributed by atoms with Crippen LogP contribution in [0.3, 0.4) is 0 Å². The predicted octanol–water partition coefficient (Wildman–Crippen LogP) is 5.85. The van der Waals surface area contributed by atoms with Gasteiger partial charge in [-0.15, -0.1) is 0 Å². The number of aliphatic imine (C=N–C) groups is 1. The summed E-state index contributed by atoms with van der Waals surface area (Å²) in [5, 5.41) is 0. The van der Waals surface area contributed by atoms with Crippen molar-refractivity contribution < 1.29 is 13.5 Å². The zero-order valence-corrected chi connectivity index (χ0v) is 15.9. The van der Waals surface area contributed by atoms with Crippen molar-refractivity contribution in [3.8, 4) is 5.75 Å². The highest BCUT2D eigenvalue weighted by molar-refractivity contribution is 6.10. The molecule has 0 amide bonds. The number of rotatable bonds is 5. The van der Waals surface area contributed by atoms with E-state index >= 15 is 0 Å². The SMILES string of the molecule is COc1ccc(N2C(C(F)F)=CC(c3ccccc3)=NC2c2ccccc2)cc1. The van der Waals surface area contributed by atoms with Gasteiger partial charge < -0.3 is 9.64 Å². The minimum absolute atomic E-state index is 0.0853. The minimum atomic E-state index is -2.66. The summed E-state index contributed by atoms with van der Waals surface area (Å²) in [6.45, 7) is 0. The number of anilines is 1. The number of hydrogen-bond donors (Lipinski definition) is 0. The molecule has 1 atom stereocenters. The largest absolute Gasteiger partial charge is 0.497 e. The average molecular weight is 390 g/mol. The van der Waals surface area contributed by atoms with Crippen molar-refractivity contribution in [3.63, 3.8) is 0 Å². The Morgan fingerprint density at radius 1 is 0.862 bits per heavy atom. The zero-order chi connectivity index (χ0) is 20.2. The van der Waals surface area contributed by atoms with Gasteiger partial charge in [-0.05, 0) is 41.5 Å². The molecule has 0 radical (unpaired) electrons. The van der Waals surface area contributed by atoms with Gasteiger partial charge in [-0.3, -0.25) is 4.99 Å². The molecule has 3 aromatic carbocycles. The summed E-state index contributed by atoms with van der Waals surface area (Å²) in [7, 11) is 1.57. The predicted molar refractivity (Wildman–Crippen MR) is 112 cm³/mol. The van der Waals surface area contributed by atoms with Gasteiger partial charge in [0.1, 0.15) is 5.75 Å². The lowest BCUT2D eigenvalue weighted by Crippen LogP contribution is -2.34. The summed E-state index contributed by atoms with van der Waals surface area (Å²) in [6.07, 6.45) is -1.78. The van der Waals surface area contributed by atoms with Gasteiger partial charge in [0.05, 0.1) is 18.5 Å². The van der Waals surface area contributed by atoms with Gasteiger partial charge >= 0.3 is 0 Å². The van der Waals surface area contributed by atoms with Crippen LogP contribution in [0.1, 0.15) is 17.3 Å². The van der Waals surface area contributed by atoms with E-state index < -0.39 is 12.6 Å².